The van der Waals surface area contributed by atoms with Gasteiger partial charge >= 0.3 is 0 Å². The van der Waals surface area contributed by atoms with Gasteiger partial charge in [-0.2, -0.15) is 0 Å². The zero-order valence-electron chi connectivity index (χ0n) is 19.8. The topological polar surface area (TPSA) is 72.9 Å². The van der Waals surface area contributed by atoms with Crippen molar-refractivity contribution in [3.05, 3.63) is 58.1 Å². The molecule has 0 aliphatic carbocycles. The second-order valence-corrected chi connectivity index (χ2v) is 9.33. The van der Waals surface area contributed by atoms with Crippen molar-refractivity contribution in [2.24, 2.45) is 0 Å². The number of piperidine rings is 1. The Balaban J connectivity index is 1.36. The van der Waals surface area contributed by atoms with Gasteiger partial charge in [0.1, 0.15) is 17.1 Å². The Morgan fingerprint density at radius 1 is 1.03 bits per heavy atom. The minimum absolute atomic E-state index is 0.0428. The number of benzene rings is 2. The van der Waals surface area contributed by atoms with Gasteiger partial charge in [-0.3, -0.25) is 14.4 Å². The van der Waals surface area contributed by atoms with Gasteiger partial charge in [-0.25, -0.2) is 0 Å². The predicted octanol–water partition coefficient (Wildman–Crippen LogP) is 4.61. The number of nitrogens with zero attached hydrogens (tertiary/aromatic N) is 1. The van der Waals surface area contributed by atoms with E-state index in [1.165, 1.54) is 7.11 Å². The fourth-order valence-corrected chi connectivity index (χ4v) is 4.74. The maximum absolute atomic E-state index is 12.8. The number of hydrogen-bond donors (Lipinski definition) is 0. The van der Waals surface area contributed by atoms with Crippen LogP contribution in [-0.4, -0.2) is 48.2 Å². The Kier molecular flexibility index (Phi) is 6.28. The van der Waals surface area contributed by atoms with Crippen molar-refractivity contribution in [1.29, 1.82) is 0 Å². The van der Waals surface area contributed by atoms with Crippen molar-refractivity contribution in [3.8, 4) is 11.5 Å². The normalized spacial score (nSPS) is 16.8. The van der Waals surface area contributed by atoms with E-state index in [0.717, 1.165) is 16.7 Å². The van der Waals surface area contributed by atoms with Crippen LogP contribution in [0.25, 0.3) is 0 Å². The third-order valence-electron chi connectivity index (χ3n) is 6.95. The molecule has 4 rings (SSSR count). The van der Waals surface area contributed by atoms with Gasteiger partial charge in [-0.15, -0.1) is 0 Å². The van der Waals surface area contributed by atoms with Crippen LogP contribution in [-0.2, 0) is 4.79 Å². The number of carbonyl (C=O) groups is 3. The first-order valence-corrected chi connectivity index (χ1v) is 11.5. The molecule has 0 bridgehead atoms. The molecular weight excluding hydrogens is 418 g/mol. The number of ether oxygens (including phenoxy) is 2. The molecule has 0 unspecified atom stereocenters. The lowest BCUT2D eigenvalue weighted by Gasteiger charge is -2.44. The first-order chi connectivity index (χ1) is 15.7. The quantitative estimate of drug-likeness (QED) is 0.624. The maximum Gasteiger partial charge on any atom is 0.223 e. The van der Waals surface area contributed by atoms with E-state index in [-0.39, 0.29) is 30.3 Å². The van der Waals surface area contributed by atoms with E-state index < -0.39 is 5.60 Å². The van der Waals surface area contributed by atoms with Gasteiger partial charge in [0.25, 0.3) is 0 Å². The molecule has 1 spiro atoms. The molecule has 2 aromatic carbocycles. The molecule has 2 aliphatic rings. The molecule has 6 heteroatoms. The van der Waals surface area contributed by atoms with Gasteiger partial charge in [-0.1, -0.05) is 11.6 Å². The molecule has 1 fully saturated rings. The summed E-state index contributed by atoms with van der Waals surface area (Å²) >= 11 is 0. The molecular formula is C27H31NO5. The van der Waals surface area contributed by atoms with E-state index in [4.69, 9.17) is 9.47 Å². The van der Waals surface area contributed by atoms with Crippen LogP contribution in [0, 0.1) is 20.8 Å². The van der Waals surface area contributed by atoms with Crippen molar-refractivity contribution in [1.82, 2.24) is 4.90 Å². The highest BCUT2D eigenvalue weighted by Gasteiger charge is 2.43. The summed E-state index contributed by atoms with van der Waals surface area (Å²) in [6.07, 6.45) is 1.86. The molecule has 0 radical (unpaired) electrons. The highest BCUT2D eigenvalue weighted by atomic mass is 16.5. The fourth-order valence-electron chi connectivity index (χ4n) is 4.74. The van der Waals surface area contributed by atoms with Gasteiger partial charge in [0.05, 0.1) is 24.7 Å². The second-order valence-electron chi connectivity index (χ2n) is 9.33. The standard InChI is InChI=1S/C27H31NO5/c1-17-5-7-24(32-4)20(13-17)22(29)6-8-26(31)28-11-9-27(10-12-28)16-23(30)21-14-18(2)19(3)15-25(21)33-27/h5,7,13-15H,6,8-12,16H2,1-4H3. The van der Waals surface area contributed by atoms with Crippen molar-refractivity contribution >= 4 is 17.5 Å². The molecule has 0 N–H and O–H groups in total. The molecule has 1 amide bonds. The van der Waals surface area contributed by atoms with Crippen LogP contribution in [0.4, 0.5) is 0 Å². The van der Waals surface area contributed by atoms with Crippen molar-refractivity contribution < 1.29 is 23.9 Å². The van der Waals surface area contributed by atoms with E-state index in [1.54, 1.807) is 17.0 Å². The number of fused-ring (bicyclic) bond motifs is 1. The lowest BCUT2D eigenvalue weighted by Crippen LogP contribution is -2.52. The maximum atomic E-state index is 12.8. The third kappa shape index (κ3) is 4.65. The number of likely N-dealkylation sites (tertiary alicyclic amines) is 1. The third-order valence-corrected chi connectivity index (χ3v) is 6.95. The van der Waals surface area contributed by atoms with E-state index in [0.29, 0.717) is 55.0 Å². The average molecular weight is 450 g/mol. The summed E-state index contributed by atoms with van der Waals surface area (Å²) in [6.45, 7) is 6.98. The Morgan fingerprint density at radius 3 is 2.42 bits per heavy atom. The number of ketones is 2. The molecule has 0 aromatic heterocycles. The van der Waals surface area contributed by atoms with E-state index >= 15 is 0 Å². The van der Waals surface area contributed by atoms with Gasteiger partial charge in [0.15, 0.2) is 11.6 Å². The van der Waals surface area contributed by atoms with Crippen LogP contribution in [0.1, 0.15) is 69.5 Å². The minimum Gasteiger partial charge on any atom is -0.496 e. The zero-order valence-corrected chi connectivity index (χ0v) is 19.8. The van der Waals surface area contributed by atoms with Crippen LogP contribution in [0.15, 0.2) is 30.3 Å². The highest BCUT2D eigenvalue weighted by molar-refractivity contribution is 6.01. The highest BCUT2D eigenvalue weighted by Crippen LogP contribution is 2.40. The largest absolute Gasteiger partial charge is 0.496 e. The predicted molar refractivity (Wildman–Crippen MR) is 125 cm³/mol. The second kappa shape index (κ2) is 9.00. The number of rotatable bonds is 5. The van der Waals surface area contributed by atoms with Crippen molar-refractivity contribution in [2.75, 3.05) is 20.2 Å². The molecule has 6 nitrogen and oxygen atoms in total. The lowest BCUT2D eigenvalue weighted by molar-refractivity contribution is -0.134. The summed E-state index contributed by atoms with van der Waals surface area (Å²) in [7, 11) is 1.54. The summed E-state index contributed by atoms with van der Waals surface area (Å²) in [5.74, 6) is 1.16. The smallest absolute Gasteiger partial charge is 0.223 e. The van der Waals surface area contributed by atoms with E-state index in [9.17, 15) is 14.4 Å². The number of amides is 1. The van der Waals surface area contributed by atoms with Crippen LogP contribution < -0.4 is 9.47 Å². The van der Waals surface area contributed by atoms with Crippen LogP contribution in [0.2, 0.25) is 0 Å². The molecule has 0 saturated carbocycles. The Labute approximate surface area is 194 Å². The number of hydrogen-bond acceptors (Lipinski definition) is 5. The Morgan fingerprint density at radius 2 is 1.73 bits per heavy atom. The first-order valence-electron chi connectivity index (χ1n) is 11.5. The minimum atomic E-state index is -0.548. The zero-order chi connectivity index (χ0) is 23.8. The molecule has 2 heterocycles. The van der Waals surface area contributed by atoms with Gasteiger partial charge in [0.2, 0.25) is 5.91 Å². The number of carbonyl (C=O) groups excluding carboxylic acids is 3. The van der Waals surface area contributed by atoms with Crippen molar-refractivity contribution in [2.45, 2.75) is 58.5 Å². The number of methoxy groups -OCH3 is 1. The summed E-state index contributed by atoms with van der Waals surface area (Å²) in [4.78, 5) is 40.1. The van der Waals surface area contributed by atoms with Gasteiger partial charge in [0, 0.05) is 38.8 Å². The van der Waals surface area contributed by atoms with Crippen LogP contribution in [0.3, 0.4) is 0 Å². The molecule has 174 valence electrons. The molecule has 1 saturated heterocycles. The first kappa shape index (κ1) is 23.0. The molecule has 2 aliphatic heterocycles. The summed E-state index contributed by atoms with van der Waals surface area (Å²) in [5.41, 5.74) is 3.78. The molecule has 33 heavy (non-hydrogen) atoms. The van der Waals surface area contributed by atoms with E-state index in [1.807, 2.05) is 39.0 Å². The number of aryl methyl sites for hydroxylation is 3. The summed E-state index contributed by atoms with van der Waals surface area (Å²) in [5, 5.41) is 0. The van der Waals surface area contributed by atoms with Crippen LogP contribution >= 0.6 is 0 Å². The van der Waals surface area contributed by atoms with Crippen molar-refractivity contribution in [3.63, 3.8) is 0 Å². The lowest BCUT2D eigenvalue weighted by atomic mass is 9.82. The van der Waals surface area contributed by atoms with Gasteiger partial charge < -0.3 is 14.4 Å². The summed E-state index contributed by atoms with van der Waals surface area (Å²) < 4.78 is 11.7. The number of Topliss-reactive ketones (excluding diaryl/α,β-unsaturated/α-hetero) is 2. The fraction of sp³-hybridized carbons (Fsp3) is 0.444. The molecule has 0 atom stereocenters. The average Bonchev–Trinajstić information content (AvgIpc) is 2.79. The van der Waals surface area contributed by atoms with E-state index in [2.05, 4.69) is 0 Å². The SMILES string of the molecule is COc1ccc(C)cc1C(=O)CCC(=O)N1CCC2(CC1)CC(=O)c1cc(C)c(C)cc1O2. The Bertz CT molecular complexity index is 1110. The monoisotopic (exact) mass is 449 g/mol. The van der Waals surface area contributed by atoms with Crippen LogP contribution in [0.5, 0.6) is 11.5 Å². The van der Waals surface area contributed by atoms with Gasteiger partial charge in [-0.05, 0) is 56.2 Å². The summed E-state index contributed by atoms with van der Waals surface area (Å²) in [6, 6.07) is 9.34. The Hall–Kier alpha value is -3.15. The molecule has 2 aromatic rings.